The Morgan fingerprint density at radius 3 is 2.83 bits per heavy atom. The van der Waals surface area contributed by atoms with Gasteiger partial charge in [-0.15, -0.1) is 0 Å². The molecule has 5 nitrogen and oxygen atoms in total. The van der Waals surface area contributed by atoms with Crippen LogP contribution in [-0.4, -0.2) is 30.9 Å². The van der Waals surface area contributed by atoms with Crippen LogP contribution in [0, 0.1) is 11.3 Å². The minimum atomic E-state index is -4.34. The number of hydrogen-bond donors (Lipinski definition) is 2. The van der Waals surface area contributed by atoms with E-state index in [9.17, 15) is 13.2 Å². The number of halogens is 3. The molecule has 98 valence electrons. The summed E-state index contributed by atoms with van der Waals surface area (Å²) in [6.45, 7) is -1.33. The summed E-state index contributed by atoms with van der Waals surface area (Å²) < 4.78 is 39.7. The van der Waals surface area contributed by atoms with Crippen molar-refractivity contribution in [2.75, 3.05) is 30.8 Å². The third-order valence-electron chi connectivity index (χ3n) is 1.83. The molecule has 0 aromatic carbocycles. The average Bonchev–Trinajstić information content (AvgIpc) is 2.28. The van der Waals surface area contributed by atoms with E-state index in [2.05, 4.69) is 15.0 Å². The summed E-state index contributed by atoms with van der Waals surface area (Å²) in [4.78, 5) is 3.86. The van der Waals surface area contributed by atoms with Gasteiger partial charge in [-0.3, -0.25) is 0 Å². The molecule has 0 saturated heterocycles. The Balaban J connectivity index is 2.38. The topological polar surface area (TPSA) is 84.0 Å². The zero-order valence-corrected chi connectivity index (χ0v) is 9.29. The molecule has 18 heavy (non-hydrogen) atoms. The highest BCUT2D eigenvalue weighted by Crippen LogP contribution is 2.15. The molecule has 1 heterocycles. The fourth-order valence-electron chi connectivity index (χ4n) is 1.14. The fraction of sp³-hybridized carbons (Fsp3) is 0.400. The van der Waals surface area contributed by atoms with E-state index in [0.717, 1.165) is 0 Å². The van der Waals surface area contributed by atoms with E-state index in [1.807, 2.05) is 6.07 Å². The van der Waals surface area contributed by atoms with Gasteiger partial charge in [0.1, 0.15) is 18.5 Å². The Morgan fingerprint density at radius 1 is 1.50 bits per heavy atom. The summed E-state index contributed by atoms with van der Waals surface area (Å²) in [7, 11) is 0. The highest BCUT2D eigenvalue weighted by atomic mass is 19.4. The van der Waals surface area contributed by atoms with Crippen LogP contribution in [0.25, 0.3) is 0 Å². The molecule has 0 unspecified atom stereocenters. The summed E-state index contributed by atoms with van der Waals surface area (Å²) in [5.74, 6) is 0.266. The molecule has 0 aliphatic rings. The van der Waals surface area contributed by atoms with Gasteiger partial charge in [0, 0.05) is 6.54 Å². The number of nitrogens with one attached hydrogen (secondary N) is 1. The monoisotopic (exact) mass is 260 g/mol. The van der Waals surface area contributed by atoms with Crippen molar-refractivity contribution >= 4 is 11.5 Å². The van der Waals surface area contributed by atoms with Crippen molar-refractivity contribution in [3.8, 4) is 6.07 Å². The van der Waals surface area contributed by atoms with Gasteiger partial charge in [-0.2, -0.15) is 18.4 Å². The van der Waals surface area contributed by atoms with Crippen molar-refractivity contribution in [1.82, 2.24) is 4.98 Å². The van der Waals surface area contributed by atoms with Crippen molar-refractivity contribution in [3.05, 3.63) is 17.8 Å². The molecule has 0 atom stereocenters. The minimum absolute atomic E-state index is 0.113. The molecule has 0 bridgehead atoms. The van der Waals surface area contributed by atoms with Crippen LogP contribution in [0.3, 0.4) is 0 Å². The number of nitrogens with zero attached hydrogens (tertiary/aromatic N) is 2. The maximum absolute atomic E-state index is 11.8. The van der Waals surface area contributed by atoms with Gasteiger partial charge in [0.05, 0.1) is 24.1 Å². The molecule has 1 aromatic rings. The van der Waals surface area contributed by atoms with Crippen molar-refractivity contribution < 1.29 is 17.9 Å². The van der Waals surface area contributed by atoms with Gasteiger partial charge < -0.3 is 15.8 Å². The zero-order valence-electron chi connectivity index (χ0n) is 9.29. The van der Waals surface area contributed by atoms with Gasteiger partial charge in [-0.1, -0.05) is 0 Å². The maximum Gasteiger partial charge on any atom is 0.411 e. The fourth-order valence-corrected chi connectivity index (χ4v) is 1.14. The van der Waals surface area contributed by atoms with Crippen LogP contribution in [0.2, 0.25) is 0 Å². The quantitative estimate of drug-likeness (QED) is 0.784. The Kier molecular flexibility index (Phi) is 4.74. The Bertz CT molecular complexity index is 442. The third kappa shape index (κ3) is 4.88. The normalized spacial score (nSPS) is 11.0. The summed E-state index contributed by atoms with van der Waals surface area (Å²) in [6, 6.07) is 3.30. The van der Waals surface area contributed by atoms with Gasteiger partial charge in [0.2, 0.25) is 0 Å². The lowest BCUT2D eigenvalue weighted by Crippen LogP contribution is -2.20. The van der Waals surface area contributed by atoms with E-state index >= 15 is 0 Å². The van der Waals surface area contributed by atoms with Crippen molar-refractivity contribution in [2.45, 2.75) is 6.18 Å². The second kappa shape index (κ2) is 6.07. The van der Waals surface area contributed by atoms with E-state index in [0.29, 0.717) is 5.69 Å². The van der Waals surface area contributed by atoms with E-state index in [1.54, 1.807) is 0 Å². The SMILES string of the molecule is N#Cc1cc(N)cnc1NCCOCC(F)(F)F. The number of nitriles is 1. The van der Waals surface area contributed by atoms with Crippen molar-refractivity contribution in [2.24, 2.45) is 0 Å². The largest absolute Gasteiger partial charge is 0.411 e. The Hall–Kier alpha value is -2.01. The maximum atomic E-state index is 11.8. The molecule has 0 aliphatic carbocycles. The number of rotatable bonds is 5. The predicted molar refractivity (Wildman–Crippen MR) is 58.7 cm³/mol. The number of alkyl halides is 3. The van der Waals surface area contributed by atoms with Crippen LogP contribution >= 0.6 is 0 Å². The Labute approximate surface area is 101 Å². The predicted octanol–water partition coefficient (Wildman–Crippen LogP) is 1.53. The van der Waals surface area contributed by atoms with E-state index in [4.69, 9.17) is 11.0 Å². The number of aromatic nitrogens is 1. The van der Waals surface area contributed by atoms with Crippen LogP contribution in [-0.2, 0) is 4.74 Å². The lowest BCUT2D eigenvalue weighted by molar-refractivity contribution is -0.172. The molecular formula is C10H11F3N4O. The van der Waals surface area contributed by atoms with Gasteiger partial charge in [0.25, 0.3) is 0 Å². The lowest BCUT2D eigenvalue weighted by atomic mass is 10.2. The summed E-state index contributed by atoms with van der Waals surface area (Å²) in [5, 5.41) is 11.5. The first kappa shape index (κ1) is 14.1. The van der Waals surface area contributed by atoms with E-state index in [-0.39, 0.29) is 24.5 Å². The van der Waals surface area contributed by atoms with Crippen LogP contribution in [0.5, 0.6) is 0 Å². The van der Waals surface area contributed by atoms with Gasteiger partial charge in [-0.25, -0.2) is 4.98 Å². The van der Waals surface area contributed by atoms with Gasteiger partial charge in [-0.05, 0) is 6.07 Å². The number of pyridine rings is 1. The minimum Gasteiger partial charge on any atom is -0.397 e. The second-order valence-electron chi connectivity index (χ2n) is 3.37. The van der Waals surface area contributed by atoms with Crippen LogP contribution in [0.1, 0.15) is 5.56 Å². The van der Waals surface area contributed by atoms with E-state index in [1.165, 1.54) is 12.3 Å². The van der Waals surface area contributed by atoms with Gasteiger partial charge >= 0.3 is 6.18 Å². The van der Waals surface area contributed by atoms with Crippen LogP contribution in [0.15, 0.2) is 12.3 Å². The molecule has 0 amide bonds. The first-order chi connectivity index (χ1) is 8.42. The van der Waals surface area contributed by atoms with Gasteiger partial charge in [0.15, 0.2) is 0 Å². The summed E-state index contributed by atoms with van der Waals surface area (Å²) >= 11 is 0. The molecule has 1 aromatic heterocycles. The average molecular weight is 260 g/mol. The standard InChI is InChI=1S/C10H11F3N4O/c11-10(12,13)6-18-2-1-16-9-7(4-14)3-8(15)5-17-9/h3,5H,1-2,6,15H2,(H,16,17). The summed E-state index contributed by atoms with van der Waals surface area (Å²) in [6.07, 6.45) is -2.99. The molecule has 3 N–H and O–H groups in total. The number of ether oxygens (including phenoxy) is 1. The molecule has 1 rings (SSSR count). The highest BCUT2D eigenvalue weighted by molar-refractivity contribution is 5.57. The lowest BCUT2D eigenvalue weighted by Gasteiger charge is -2.09. The highest BCUT2D eigenvalue weighted by Gasteiger charge is 2.27. The smallest absolute Gasteiger partial charge is 0.397 e. The number of hydrogen-bond acceptors (Lipinski definition) is 5. The second-order valence-corrected chi connectivity index (χ2v) is 3.37. The number of nitrogens with two attached hydrogens (primary N) is 1. The van der Waals surface area contributed by atoms with Crippen LogP contribution < -0.4 is 11.1 Å². The van der Waals surface area contributed by atoms with Crippen molar-refractivity contribution in [3.63, 3.8) is 0 Å². The van der Waals surface area contributed by atoms with E-state index < -0.39 is 12.8 Å². The summed E-state index contributed by atoms with van der Waals surface area (Å²) in [5.41, 5.74) is 6.00. The first-order valence-electron chi connectivity index (χ1n) is 4.96. The Morgan fingerprint density at radius 2 is 2.22 bits per heavy atom. The zero-order chi connectivity index (χ0) is 13.6. The number of nitrogen functional groups attached to an aromatic ring is 1. The molecule has 0 aliphatic heterocycles. The third-order valence-corrected chi connectivity index (χ3v) is 1.83. The van der Waals surface area contributed by atoms with Crippen molar-refractivity contribution in [1.29, 1.82) is 5.26 Å². The molecule has 0 saturated carbocycles. The molecule has 0 spiro atoms. The molecule has 8 heteroatoms. The molecule has 0 fully saturated rings. The van der Waals surface area contributed by atoms with Crippen LogP contribution in [0.4, 0.5) is 24.7 Å². The first-order valence-corrected chi connectivity index (χ1v) is 4.96. The molecular weight excluding hydrogens is 249 g/mol. The number of anilines is 2. The molecule has 0 radical (unpaired) electrons.